The van der Waals surface area contributed by atoms with Crippen LogP contribution in [-0.4, -0.2) is 50.8 Å². The zero-order valence-electron chi connectivity index (χ0n) is 10.4. The molecule has 100 valence electrons. The number of H-pyrrole nitrogens is 1. The van der Waals surface area contributed by atoms with Gasteiger partial charge in [0.1, 0.15) is 12.2 Å². The van der Waals surface area contributed by atoms with Crippen molar-refractivity contribution in [3.63, 3.8) is 0 Å². The van der Waals surface area contributed by atoms with Crippen molar-refractivity contribution < 1.29 is 14.7 Å². The predicted octanol–water partition coefficient (Wildman–Crippen LogP) is 0.372. The van der Waals surface area contributed by atoms with E-state index in [1.54, 1.807) is 14.0 Å². The van der Waals surface area contributed by atoms with Crippen LogP contribution < -0.4 is 5.32 Å². The average molecular weight is 255 g/mol. The van der Waals surface area contributed by atoms with Crippen molar-refractivity contribution in [2.45, 2.75) is 25.8 Å². The van der Waals surface area contributed by atoms with Gasteiger partial charge in [-0.05, 0) is 13.3 Å². The van der Waals surface area contributed by atoms with Crippen molar-refractivity contribution >= 4 is 12.0 Å². The smallest absolute Gasteiger partial charge is 0.317 e. The van der Waals surface area contributed by atoms with Crippen molar-refractivity contribution in [1.82, 2.24) is 25.4 Å². The number of urea groups is 1. The minimum Gasteiger partial charge on any atom is -0.481 e. The summed E-state index contributed by atoms with van der Waals surface area (Å²) < 4.78 is 0. The number of carbonyl (C=O) groups excluding carboxylic acids is 1. The molecule has 1 aromatic heterocycles. The third-order valence-corrected chi connectivity index (χ3v) is 2.41. The quantitative estimate of drug-likeness (QED) is 0.680. The maximum absolute atomic E-state index is 11.7. The van der Waals surface area contributed by atoms with Gasteiger partial charge in [-0.25, -0.2) is 9.78 Å². The van der Waals surface area contributed by atoms with Gasteiger partial charge in [0.2, 0.25) is 0 Å². The van der Waals surface area contributed by atoms with Crippen LogP contribution in [0.2, 0.25) is 0 Å². The standard InChI is InChI=1S/C10H17N5O3/c1-7(9-11-6-12-14-9)13-10(18)15(2)5-3-4-8(16)17/h6-7H,3-5H2,1-2H3,(H,13,18)(H,16,17)(H,11,12,14). The Kier molecular flexibility index (Phi) is 5.09. The zero-order valence-corrected chi connectivity index (χ0v) is 10.4. The number of carboxylic acids is 1. The maximum atomic E-state index is 11.7. The van der Waals surface area contributed by atoms with E-state index < -0.39 is 5.97 Å². The highest BCUT2D eigenvalue weighted by Gasteiger charge is 2.14. The Morgan fingerprint density at radius 2 is 2.33 bits per heavy atom. The van der Waals surface area contributed by atoms with Crippen LogP contribution in [0.4, 0.5) is 4.79 Å². The first-order chi connectivity index (χ1) is 8.50. The normalized spacial score (nSPS) is 11.9. The third kappa shape index (κ3) is 4.40. The molecule has 0 aliphatic rings. The summed E-state index contributed by atoms with van der Waals surface area (Å²) in [5.41, 5.74) is 0. The lowest BCUT2D eigenvalue weighted by Crippen LogP contribution is -2.39. The highest BCUT2D eigenvalue weighted by Crippen LogP contribution is 2.05. The van der Waals surface area contributed by atoms with Crippen molar-refractivity contribution in [3.8, 4) is 0 Å². The number of rotatable bonds is 6. The van der Waals surface area contributed by atoms with Gasteiger partial charge in [0.15, 0.2) is 0 Å². The van der Waals surface area contributed by atoms with Crippen LogP contribution >= 0.6 is 0 Å². The topological polar surface area (TPSA) is 111 Å². The van der Waals surface area contributed by atoms with E-state index in [2.05, 4.69) is 20.5 Å². The summed E-state index contributed by atoms with van der Waals surface area (Å²) in [7, 11) is 1.62. The lowest BCUT2D eigenvalue weighted by atomic mass is 10.3. The van der Waals surface area contributed by atoms with Crippen LogP contribution in [0.25, 0.3) is 0 Å². The number of hydrogen-bond acceptors (Lipinski definition) is 4. The molecule has 18 heavy (non-hydrogen) atoms. The number of nitrogens with one attached hydrogen (secondary N) is 2. The van der Waals surface area contributed by atoms with Crippen molar-refractivity contribution in [2.24, 2.45) is 0 Å². The maximum Gasteiger partial charge on any atom is 0.317 e. The Hall–Kier alpha value is -2.12. The largest absolute Gasteiger partial charge is 0.481 e. The SMILES string of the molecule is CC(NC(=O)N(C)CCCC(=O)O)c1ncn[nH]1. The van der Waals surface area contributed by atoms with Crippen molar-refractivity contribution in [3.05, 3.63) is 12.2 Å². The lowest BCUT2D eigenvalue weighted by molar-refractivity contribution is -0.137. The fourth-order valence-electron chi connectivity index (χ4n) is 1.36. The summed E-state index contributed by atoms with van der Waals surface area (Å²) in [6, 6.07) is -0.550. The van der Waals surface area contributed by atoms with Crippen molar-refractivity contribution in [2.75, 3.05) is 13.6 Å². The van der Waals surface area contributed by atoms with Crippen LogP contribution in [0, 0.1) is 0 Å². The molecule has 0 fully saturated rings. The van der Waals surface area contributed by atoms with E-state index in [0.29, 0.717) is 18.8 Å². The number of hydrogen-bond donors (Lipinski definition) is 3. The van der Waals surface area contributed by atoms with E-state index in [9.17, 15) is 9.59 Å². The molecular weight excluding hydrogens is 238 g/mol. The number of amides is 2. The molecule has 2 amide bonds. The molecule has 8 nitrogen and oxygen atoms in total. The summed E-state index contributed by atoms with van der Waals surface area (Å²) in [4.78, 5) is 27.5. The van der Waals surface area contributed by atoms with Gasteiger partial charge in [0.05, 0.1) is 6.04 Å². The number of aromatic nitrogens is 3. The molecule has 0 bridgehead atoms. The fraction of sp³-hybridized carbons (Fsp3) is 0.600. The Morgan fingerprint density at radius 1 is 1.61 bits per heavy atom. The number of nitrogens with zero attached hydrogens (tertiary/aromatic N) is 3. The Morgan fingerprint density at radius 3 is 2.89 bits per heavy atom. The highest BCUT2D eigenvalue weighted by molar-refractivity contribution is 5.74. The molecule has 0 aliphatic carbocycles. The second kappa shape index (κ2) is 6.58. The van der Waals surface area contributed by atoms with Crippen LogP contribution in [0.1, 0.15) is 31.6 Å². The predicted molar refractivity (Wildman–Crippen MR) is 62.8 cm³/mol. The van der Waals surface area contributed by atoms with Crippen LogP contribution in [-0.2, 0) is 4.79 Å². The summed E-state index contributed by atoms with van der Waals surface area (Å²) in [5, 5.41) is 17.6. The lowest BCUT2D eigenvalue weighted by Gasteiger charge is -2.19. The summed E-state index contributed by atoms with van der Waals surface area (Å²) >= 11 is 0. The molecule has 0 spiro atoms. The Labute approximate surface area is 104 Å². The summed E-state index contributed by atoms with van der Waals surface area (Å²) in [6.45, 7) is 2.17. The third-order valence-electron chi connectivity index (χ3n) is 2.41. The van der Waals surface area contributed by atoms with Gasteiger partial charge < -0.3 is 15.3 Å². The minimum absolute atomic E-state index is 0.0509. The molecule has 0 aromatic carbocycles. The van der Waals surface area contributed by atoms with E-state index in [1.165, 1.54) is 11.2 Å². The van der Waals surface area contributed by atoms with Gasteiger partial charge in [0, 0.05) is 20.0 Å². The molecule has 1 aromatic rings. The molecule has 1 rings (SSSR count). The average Bonchev–Trinajstić information content (AvgIpc) is 2.81. The number of carbonyl (C=O) groups is 2. The van der Waals surface area contributed by atoms with Crippen LogP contribution in [0.5, 0.6) is 0 Å². The van der Waals surface area contributed by atoms with Gasteiger partial charge in [-0.1, -0.05) is 0 Å². The Bertz CT molecular complexity index is 392. The summed E-state index contributed by atoms with van der Waals surface area (Å²) in [5.74, 6) is -0.291. The van der Waals surface area contributed by atoms with Crippen LogP contribution in [0.3, 0.4) is 0 Å². The van der Waals surface area contributed by atoms with Gasteiger partial charge in [-0.3, -0.25) is 9.89 Å². The van der Waals surface area contributed by atoms with E-state index in [-0.39, 0.29) is 18.5 Å². The number of aliphatic carboxylic acids is 1. The second-order valence-corrected chi connectivity index (χ2v) is 3.96. The molecule has 1 heterocycles. The van der Waals surface area contributed by atoms with E-state index in [1.807, 2.05) is 0 Å². The van der Waals surface area contributed by atoms with E-state index >= 15 is 0 Å². The zero-order chi connectivity index (χ0) is 13.5. The Balaban J connectivity index is 2.33. The van der Waals surface area contributed by atoms with E-state index in [4.69, 9.17) is 5.11 Å². The fourth-order valence-corrected chi connectivity index (χ4v) is 1.36. The molecule has 0 aliphatic heterocycles. The van der Waals surface area contributed by atoms with Crippen LogP contribution in [0.15, 0.2) is 6.33 Å². The van der Waals surface area contributed by atoms with Gasteiger partial charge in [-0.2, -0.15) is 5.10 Å². The monoisotopic (exact) mass is 255 g/mol. The second-order valence-electron chi connectivity index (χ2n) is 3.96. The molecular formula is C10H17N5O3. The van der Waals surface area contributed by atoms with Gasteiger partial charge >= 0.3 is 12.0 Å². The van der Waals surface area contributed by atoms with Gasteiger partial charge in [-0.15, -0.1) is 0 Å². The molecule has 0 saturated carbocycles. The van der Waals surface area contributed by atoms with Gasteiger partial charge in [0.25, 0.3) is 0 Å². The first-order valence-corrected chi connectivity index (χ1v) is 5.59. The molecule has 0 saturated heterocycles. The molecule has 1 unspecified atom stereocenters. The molecule has 3 N–H and O–H groups in total. The van der Waals surface area contributed by atoms with Crippen molar-refractivity contribution in [1.29, 1.82) is 0 Å². The minimum atomic E-state index is -0.862. The number of aromatic amines is 1. The van der Waals surface area contributed by atoms with E-state index in [0.717, 1.165) is 0 Å². The molecule has 8 heteroatoms. The summed E-state index contributed by atoms with van der Waals surface area (Å²) in [6.07, 6.45) is 1.85. The first kappa shape index (κ1) is 13.9. The first-order valence-electron chi connectivity index (χ1n) is 5.59. The molecule has 0 radical (unpaired) electrons. The highest BCUT2D eigenvalue weighted by atomic mass is 16.4. The number of carboxylic acid groups (broad SMARTS) is 1. The molecule has 1 atom stereocenters.